The molecule has 0 unspecified atom stereocenters. The normalized spacial score (nSPS) is 10.5. The summed E-state index contributed by atoms with van der Waals surface area (Å²) in [5.74, 6) is 2.82. The van der Waals surface area contributed by atoms with Gasteiger partial charge >= 0.3 is 0 Å². The van der Waals surface area contributed by atoms with Crippen LogP contribution in [0.3, 0.4) is 0 Å². The van der Waals surface area contributed by atoms with Gasteiger partial charge in [-0.15, -0.1) is 0 Å². The third kappa shape index (κ3) is 3.06. The van der Waals surface area contributed by atoms with Gasteiger partial charge in [0.2, 0.25) is 0 Å². The lowest BCUT2D eigenvalue weighted by molar-refractivity contribution is 0.338. The van der Waals surface area contributed by atoms with Crippen molar-refractivity contribution in [2.45, 2.75) is 27.3 Å². The topological polar surface area (TPSA) is 73.9 Å². The Kier molecular flexibility index (Phi) is 4.06. The maximum absolute atomic E-state index is 5.59. The Balaban J connectivity index is 2.41. The number of aryl methyl sites for hydroxylation is 2. The SMILES string of the molecule is CCOc1ccc(-c2nc(C)nc(CN)n2)cc1C. The highest BCUT2D eigenvalue weighted by atomic mass is 16.5. The molecular formula is C14H18N4O. The molecule has 0 bridgehead atoms. The van der Waals surface area contributed by atoms with Crippen LogP contribution < -0.4 is 10.5 Å². The fourth-order valence-corrected chi connectivity index (χ4v) is 1.86. The van der Waals surface area contributed by atoms with Gasteiger partial charge in [-0.3, -0.25) is 0 Å². The third-order valence-electron chi connectivity index (χ3n) is 2.71. The highest BCUT2D eigenvalue weighted by molar-refractivity contribution is 5.58. The van der Waals surface area contributed by atoms with E-state index in [9.17, 15) is 0 Å². The molecule has 0 saturated carbocycles. The summed E-state index contributed by atoms with van der Waals surface area (Å²) in [5.41, 5.74) is 7.59. The molecule has 0 saturated heterocycles. The van der Waals surface area contributed by atoms with E-state index in [0.717, 1.165) is 16.9 Å². The first-order chi connectivity index (χ1) is 9.13. The van der Waals surface area contributed by atoms with Crippen LogP contribution in [0.2, 0.25) is 0 Å². The van der Waals surface area contributed by atoms with Crippen LogP contribution in [0, 0.1) is 13.8 Å². The standard InChI is InChI=1S/C14H18N4O/c1-4-19-12-6-5-11(7-9(12)2)14-17-10(3)16-13(8-15)18-14/h5-7H,4,8,15H2,1-3H3. The molecule has 0 aliphatic rings. The summed E-state index contributed by atoms with van der Waals surface area (Å²) < 4.78 is 5.52. The molecule has 2 rings (SSSR count). The average molecular weight is 258 g/mol. The molecule has 2 aromatic rings. The number of rotatable bonds is 4. The van der Waals surface area contributed by atoms with Gasteiger partial charge in [-0.25, -0.2) is 15.0 Å². The van der Waals surface area contributed by atoms with Crippen molar-refractivity contribution < 1.29 is 4.74 Å². The van der Waals surface area contributed by atoms with E-state index in [2.05, 4.69) is 15.0 Å². The number of nitrogens with zero attached hydrogens (tertiary/aromatic N) is 3. The van der Waals surface area contributed by atoms with Crippen LogP contribution in [0.1, 0.15) is 24.1 Å². The van der Waals surface area contributed by atoms with Crippen molar-refractivity contribution in [1.29, 1.82) is 0 Å². The fraction of sp³-hybridized carbons (Fsp3) is 0.357. The van der Waals surface area contributed by atoms with Crippen LogP contribution >= 0.6 is 0 Å². The molecule has 1 aromatic heterocycles. The summed E-state index contributed by atoms with van der Waals surface area (Å²) in [7, 11) is 0. The summed E-state index contributed by atoms with van der Waals surface area (Å²) in [6, 6.07) is 5.91. The minimum Gasteiger partial charge on any atom is -0.494 e. The number of hydrogen-bond donors (Lipinski definition) is 1. The zero-order chi connectivity index (χ0) is 13.8. The van der Waals surface area contributed by atoms with Gasteiger partial charge in [-0.05, 0) is 44.5 Å². The van der Waals surface area contributed by atoms with E-state index >= 15 is 0 Å². The van der Waals surface area contributed by atoms with Crippen LogP contribution in [0.5, 0.6) is 5.75 Å². The Morgan fingerprint density at radius 2 is 1.95 bits per heavy atom. The maximum Gasteiger partial charge on any atom is 0.163 e. The molecule has 0 spiro atoms. The predicted molar refractivity (Wildman–Crippen MR) is 73.8 cm³/mol. The van der Waals surface area contributed by atoms with Gasteiger partial charge < -0.3 is 10.5 Å². The molecule has 5 heteroatoms. The predicted octanol–water partition coefficient (Wildman–Crippen LogP) is 2.01. The summed E-state index contributed by atoms with van der Waals surface area (Å²) in [5, 5.41) is 0. The van der Waals surface area contributed by atoms with Gasteiger partial charge in [-0.2, -0.15) is 0 Å². The van der Waals surface area contributed by atoms with E-state index < -0.39 is 0 Å². The first-order valence-corrected chi connectivity index (χ1v) is 6.29. The molecule has 0 radical (unpaired) electrons. The molecule has 0 atom stereocenters. The van der Waals surface area contributed by atoms with E-state index in [1.165, 1.54) is 0 Å². The first kappa shape index (κ1) is 13.4. The molecule has 0 aliphatic heterocycles. The molecule has 2 N–H and O–H groups in total. The average Bonchev–Trinajstić information content (AvgIpc) is 2.40. The van der Waals surface area contributed by atoms with Gasteiger partial charge in [0.25, 0.3) is 0 Å². The molecule has 0 amide bonds. The highest BCUT2D eigenvalue weighted by Crippen LogP contribution is 2.24. The highest BCUT2D eigenvalue weighted by Gasteiger charge is 2.08. The zero-order valence-electron chi connectivity index (χ0n) is 11.5. The summed E-state index contributed by atoms with van der Waals surface area (Å²) in [6.07, 6.45) is 0. The molecule has 0 fully saturated rings. The van der Waals surface area contributed by atoms with Crippen molar-refractivity contribution in [2.24, 2.45) is 5.73 Å². The number of nitrogens with two attached hydrogens (primary N) is 1. The molecule has 0 aliphatic carbocycles. The summed E-state index contributed by atoms with van der Waals surface area (Å²) in [6.45, 7) is 6.78. The zero-order valence-corrected chi connectivity index (χ0v) is 11.5. The number of hydrogen-bond acceptors (Lipinski definition) is 5. The Morgan fingerprint density at radius 1 is 1.16 bits per heavy atom. The Morgan fingerprint density at radius 3 is 2.58 bits per heavy atom. The van der Waals surface area contributed by atoms with E-state index in [-0.39, 0.29) is 0 Å². The second-order valence-electron chi connectivity index (χ2n) is 4.24. The number of benzene rings is 1. The molecule has 1 aromatic carbocycles. The second-order valence-corrected chi connectivity index (χ2v) is 4.24. The van der Waals surface area contributed by atoms with Gasteiger partial charge in [0, 0.05) is 5.56 Å². The molecule has 19 heavy (non-hydrogen) atoms. The Hall–Kier alpha value is -2.01. The number of ether oxygens (including phenoxy) is 1. The van der Waals surface area contributed by atoms with Crippen molar-refractivity contribution in [3.63, 3.8) is 0 Å². The van der Waals surface area contributed by atoms with Gasteiger partial charge in [-0.1, -0.05) is 0 Å². The third-order valence-corrected chi connectivity index (χ3v) is 2.71. The fourth-order valence-electron chi connectivity index (χ4n) is 1.86. The Bertz CT molecular complexity index is 584. The van der Waals surface area contributed by atoms with E-state index in [1.807, 2.05) is 39.0 Å². The monoisotopic (exact) mass is 258 g/mol. The molecule has 5 nitrogen and oxygen atoms in total. The minimum absolute atomic E-state index is 0.312. The molecular weight excluding hydrogens is 240 g/mol. The van der Waals surface area contributed by atoms with Crippen LogP contribution in [-0.2, 0) is 6.54 Å². The first-order valence-electron chi connectivity index (χ1n) is 6.29. The number of aromatic nitrogens is 3. The summed E-state index contributed by atoms with van der Waals surface area (Å²) >= 11 is 0. The van der Waals surface area contributed by atoms with Crippen LogP contribution in [0.4, 0.5) is 0 Å². The van der Waals surface area contributed by atoms with E-state index in [4.69, 9.17) is 10.5 Å². The van der Waals surface area contributed by atoms with Crippen LogP contribution in [0.15, 0.2) is 18.2 Å². The lowest BCUT2D eigenvalue weighted by Gasteiger charge is -2.09. The maximum atomic E-state index is 5.59. The van der Waals surface area contributed by atoms with Crippen molar-refractivity contribution in [2.75, 3.05) is 6.61 Å². The lowest BCUT2D eigenvalue weighted by Crippen LogP contribution is -2.07. The lowest BCUT2D eigenvalue weighted by atomic mass is 10.1. The minimum atomic E-state index is 0.312. The molecule has 100 valence electrons. The van der Waals surface area contributed by atoms with E-state index in [1.54, 1.807) is 0 Å². The van der Waals surface area contributed by atoms with Crippen LogP contribution in [-0.4, -0.2) is 21.6 Å². The van der Waals surface area contributed by atoms with Crippen LogP contribution in [0.25, 0.3) is 11.4 Å². The van der Waals surface area contributed by atoms with Gasteiger partial charge in [0.05, 0.1) is 13.2 Å². The Labute approximate surface area is 112 Å². The van der Waals surface area contributed by atoms with E-state index in [0.29, 0.717) is 30.6 Å². The molecule has 1 heterocycles. The quantitative estimate of drug-likeness (QED) is 0.908. The van der Waals surface area contributed by atoms with Crippen molar-refractivity contribution in [1.82, 2.24) is 15.0 Å². The largest absolute Gasteiger partial charge is 0.494 e. The van der Waals surface area contributed by atoms with Crippen molar-refractivity contribution in [3.8, 4) is 17.1 Å². The smallest absolute Gasteiger partial charge is 0.163 e. The van der Waals surface area contributed by atoms with Crippen molar-refractivity contribution in [3.05, 3.63) is 35.4 Å². The van der Waals surface area contributed by atoms with Gasteiger partial charge in [0.15, 0.2) is 5.82 Å². The summed E-state index contributed by atoms with van der Waals surface area (Å²) in [4.78, 5) is 12.9. The van der Waals surface area contributed by atoms with Crippen molar-refractivity contribution >= 4 is 0 Å². The van der Waals surface area contributed by atoms with Gasteiger partial charge in [0.1, 0.15) is 17.4 Å². The second kappa shape index (κ2) is 5.75.